The second-order valence-electron chi connectivity index (χ2n) is 6.61. The molecule has 156 valence electrons. The van der Waals surface area contributed by atoms with Crippen LogP contribution in [0.5, 0.6) is 0 Å². The number of rotatable bonds is 7. The molecule has 0 saturated heterocycles. The van der Waals surface area contributed by atoms with E-state index in [4.69, 9.17) is 11.6 Å². The van der Waals surface area contributed by atoms with Crippen LogP contribution in [0.25, 0.3) is 0 Å². The zero-order valence-electron chi connectivity index (χ0n) is 16.4. The molecule has 0 radical (unpaired) electrons. The van der Waals surface area contributed by atoms with Gasteiger partial charge in [0, 0.05) is 14.8 Å². The summed E-state index contributed by atoms with van der Waals surface area (Å²) in [7, 11) is -3.70. The van der Waals surface area contributed by atoms with Crippen LogP contribution in [-0.2, 0) is 14.8 Å². The minimum absolute atomic E-state index is 0.372. The second-order valence-corrected chi connectivity index (χ2v) is 10.0. The topological polar surface area (TPSA) is 66.5 Å². The van der Waals surface area contributed by atoms with Crippen molar-refractivity contribution in [3.63, 3.8) is 0 Å². The molecule has 3 rings (SSSR count). The van der Waals surface area contributed by atoms with Crippen LogP contribution in [0.1, 0.15) is 6.92 Å². The Morgan fingerprint density at radius 1 is 0.967 bits per heavy atom. The van der Waals surface area contributed by atoms with Crippen molar-refractivity contribution in [2.24, 2.45) is 0 Å². The first-order valence-electron chi connectivity index (χ1n) is 9.13. The summed E-state index contributed by atoms with van der Waals surface area (Å²) in [4.78, 5) is 14.9. The molecule has 1 amide bonds. The molecular formula is C22H21ClN2O3S2. The number of amides is 1. The SMILES string of the molecule is C[C@H](C(=O)Nc1ccccc1Sc1ccccc1)N(c1ccc(Cl)cc1)S(C)(=O)=O. The van der Waals surface area contributed by atoms with Gasteiger partial charge in [-0.15, -0.1) is 0 Å². The number of sulfonamides is 1. The molecule has 0 aromatic heterocycles. The Morgan fingerprint density at radius 2 is 1.57 bits per heavy atom. The second kappa shape index (κ2) is 9.55. The number of anilines is 2. The zero-order valence-corrected chi connectivity index (χ0v) is 18.8. The van der Waals surface area contributed by atoms with E-state index in [9.17, 15) is 13.2 Å². The van der Waals surface area contributed by atoms with Gasteiger partial charge in [-0.1, -0.05) is 53.7 Å². The van der Waals surface area contributed by atoms with Crippen LogP contribution in [-0.4, -0.2) is 26.6 Å². The van der Waals surface area contributed by atoms with Crippen molar-refractivity contribution in [3.8, 4) is 0 Å². The van der Waals surface area contributed by atoms with E-state index < -0.39 is 22.0 Å². The Kier molecular flexibility index (Phi) is 7.07. The highest BCUT2D eigenvalue weighted by Crippen LogP contribution is 2.33. The highest BCUT2D eigenvalue weighted by atomic mass is 35.5. The van der Waals surface area contributed by atoms with E-state index in [0.717, 1.165) is 20.4 Å². The molecule has 8 heteroatoms. The van der Waals surface area contributed by atoms with E-state index in [-0.39, 0.29) is 0 Å². The Hall–Kier alpha value is -2.48. The maximum absolute atomic E-state index is 13.0. The number of nitrogens with one attached hydrogen (secondary N) is 1. The molecule has 3 aromatic carbocycles. The molecule has 0 fully saturated rings. The molecule has 30 heavy (non-hydrogen) atoms. The van der Waals surface area contributed by atoms with Crippen molar-refractivity contribution < 1.29 is 13.2 Å². The number of halogens is 1. The molecule has 0 spiro atoms. The molecule has 0 aliphatic heterocycles. The van der Waals surface area contributed by atoms with E-state index in [0.29, 0.717) is 16.4 Å². The number of benzene rings is 3. The van der Waals surface area contributed by atoms with Crippen LogP contribution in [0.4, 0.5) is 11.4 Å². The number of carbonyl (C=O) groups excluding carboxylic acids is 1. The van der Waals surface area contributed by atoms with E-state index >= 15 is 0 Å². The van der Waals surface area contributed by atoms with Crippen LogP contribution in [0.15, 0.2) is 88.7 Å². The van der Waals surface area contributed by atoms with Gasteiger partial charge in [0.15, 0.2) is 0 Å². The highest BCUT2D eigenvalue weighted by molar-refractivity contribution is 7.99. The van der Waals surface area contributed by atoms with Gasteiger partial charge in [0.05, 0.1) is 17.6 Å². The van der Waals surface area contributed by atoms with E-state index in [1.54, 1.807) is 37.3 Å². The Balaban J connectivity index is 1.85. The molecular weight excluding hydrogens is 440 g/mol. The Labute approximate surface area is 186 Å². The minimum atomic E-state index is -3.70. The van der Waals surface area contributed by atoms with Crippen LogP contribution < -0.4 is 9.62 Å². The lowest BCUT2D eigenvalue weighted by atomic mass is 10.2. The lowest BCUT2D eigenvalue weighted by Crippen LogP contribution is -2.45. The van der Waals surface area contributed by atoms with Gasteiger partial charge < -0.3 is 5.32 Å². The van der Waals surface area contributed by atoms with Crippen molar-refractivity contribution in [1.82, 2.24) is 0 Å². The quantitative estimate of drug-likeness (QED) is 0.520. The molecule has 0 heterocycles. The fraction of sp³-hybridized carbons (Fsp3) is 0.136. The summed E-state index contributed by atoms with van der Waals surface area (Å²) in [5.74, 6) is -0.434. The summed E-state index contributed by atoms with van der Waals surface area (Å²) < 4.78 is 26.0. The maximum atomic E-state index is 13.0. The number of carbonyl (C=O) groups is 1. The first-order valence-corrected chi connectivity index (χ1v) is 12.2. The molecule has 0 bridgehead atoms. The summed E-state index contributed by atoms with van der Waals surface area (Å²) >= 11 is 7.43. The van der Waals surface area contributed by atoms with Gasteiger partial charge in [0.25, 0.3) is 0 Å². The zero-order chi connectivity index (χ0) is 21.7. The standard InChI is InChI=1S/C22H21ClN2O3S2/c1-16(25(30(2,27)28)18-14-12-17(23)13-15-18)22(26)24-20-10-6-7-11-21(20)29-19-8-4-3-5-9-19/h3-16H,1-2H3,(H,24,26)/t16-/m1/s1. The van der Waals surface area contributed by atoms with E-state index in [2.05, 4.69) is 5.32 Å². The smallest absolute Gasteiger partial charge is 0.248 e. The Bertz CT molecular complexity index is 1120. The van der Waals surface area contributed by atoms with Crippen molar-refractivity contribution >= 4 is 50.7 Å². The molecule has 5 nitrogen and oxygen atoms in total. The fourth-order valence-corrected chi connectivity index (χ4v) is 5.13. The average Bonchev–Trinajstić information content (AvgIpc) is 2.71. The van der Waals surface area contributed by atoms with Gasteiger partial charge in [0.2, 0.25) is 15.9 Å². The van der Waals surface area contributed by atoms with Crippen LogP contribution in [0.2, 0.25) is 5.02 Å². The summed E-state index contributed by atoms with van der Waals surface area (Å²) in [6.07, 6.45) is 1.07. The third-order valence-electron chi connectivity index (χ3n) is 4.29. The monoisotopic (exact) mass is 460 g/mol. The average molecular weight is 461 g/mol. The Morgan fingerprint density at radius 3 is 2.20 bits per heavy atom. The molecule has 0 unspecified atom stereocenters. The molecule has 0 aliphatic rings. The largest absolute Gasteiger partial charge is 0.323 e. The molecule has 1 atom stereocenters. The third kappa shape index (κ3) is 5.56. The van der Waals surface area contributed by atoms with Crippen molar-refractivity contribution in [2.45, 2.75) is 22.8 Å². The van der Waals surface area contributed by atoms with Crippen LogP contribution in [0, 0.1) is 0 Å². The number of hydrogen-bond donors (Lipinski definition) is 1. The molecule has 1 N–H and O–H groups in total. The van der Waals surface area contributed by atoms with Crippen LogP contribution in [0.3, 0.4) is 0 Å². The van der Waals surface area contributed by atoms with Gasteiger partial charge in [-0.25, -0.2) is 8.42 Å². The van der Waals surface area contributed by atoms with Gasteiger partial charge in [-0.05, 0) is 55.5 Å². The molecule has 0 saturated carbocycles. The summed E-state index contributed by atoms with van der Waals surface area (Å²) in [6.45, 7) is 1.55. The van der Waals surface area contributed by atoms with E-state index in [1.807, 2.05) is 48.5 Å². The first-order chi connectivity index (χ1) is 14.3. The van der Waals surface area contributed by atoms with Gasteiger partial charge in [-0.2, -0.15) is 0 Å². The lowest BCUT2D eigenvalue weighted by Gasteiger charge is -2.28. The van der Waals surface area contributed by atoms with Gasteiger partial charge in [-0.3, -0.25) is 9.10 Å². The maximum Gasteiger partial charge on any atom is 0.248 e. The minimum Gasteiger partial charge on any atom is -0.323 e. The summed E-state index contributed by atoms with van der Waals surface area (Å²) in [6, 6.07) is 22.6. The predicted molar refractivity (Wildman–Crippen MR) is 124 cm³/mol. The predicted octanol–water partition coefficient (Wildman–Crippen LogP) is 5.28. The van der Waals surface area contributed by atoms with Gasteiger partial charge >= 0.3 is 0 Å². The first kappa shape index (κ1) is 22.2. The number of para-hydroxylation sites is 1. The lowest BCUT2D eigenvalue weighted by molar-refractivity contribution is -0.116. The normalized spacial score (nSPS) is 12.2. The fourth-order valence-electron chi connectivity index (χ4n) is 2.91. The number of nitrogens with zero attached hydrogens (tertiary/aromatic N) is 1. The van der Waals surface area contributed by atoms with Crippen molar-refractivity contribution in [2.75, 3.05) is 15.9 Å². The highest BCUT2D eigenvalue weighted by Gasteiger charge is 2.29. The van der Waals surface area contributed by atoms with E-state index in [1.165, 1.54) is 11.8 Å². The molecule has 3 aromatic rings. The van der Waals surface area contributed by atoms with Crippen molar-refractivity contribution in [1.29, 1.82) is 0 Å². The summed E-state index contributed by atoms with van der Waals surface area (Å²) in [5.41, 5.74) is 0.990. The third-order valence-corrected chi connectivity index (χ3v) is 6.86. The molecule has 0 aliphatic carbocycles. The van der Waals surface area contributed by atoms with Gasteiger partial charge in [0.1, 0.15) is 6.04 Å². The number of hydrogen-bond acceptors (Lipinski definition) is 4. The summed E-state index contributed by atoms with van der Waals surface area (Å²) in [5, 5.41) is 3.35. The van der Waals surface area contributed by atoms with Crippen molar-refractivity contribution in [3.05, 3.63) is 83.9 Å². The van der Waals surface area contributed by atoms with Crippen LogP contribution >= 0.6 is 23.4 Å².